The van der Waals surface area contributed by atoms with Crippen LogP contribution in [0.3, 0.4) is 0 Å². The van der Waals surface area contributed by atoms with Crippen molar-refractivity contribution < 1.29 is 14.6 Å². The Labute approximate surface area is 94.5 Å². The smallest absolute Gasteiger partial charge is 0.339 e. The Morgan fingerprint density at radius 1 is 1.56 bits per heavy atom. The number of carboxylic acids is 1. The molecule has 0 aromatic carbocycles. The molecule has 0 amide bonds. The monoisotopic (exact) mass is 224 g/mol. The predicted molar refractivity (Wildman–Crippen MR) is 58.4 cm³/mol. The molecule has 0 aliphatic rings. The highest BCUT2D eigenvalue weighted by Crippen LogP contribution is 2.17. The molecule has 1 aromatic rings. The molecule has 1 atom stereocenters. The lowest BCUT2D eigenvalue weighted by atomic mass is 10.2. The molecule has 0 fully saturated rings. The van der Waals surface area contributed by atoms with E-state index in [1.165, 1.54) is 6.20 Å². The summed E-state index contributed by atoms with van der Waals surface area (Å²) in [5, 5.41) is 8.84. The second-order valence-electron chi connectivity index (χ2n) is 3.38. The fourth-order valence-electron chi connectivity index (χ4n) is 1.43. The first-order valence-corrected chi connectivity index (χ1v) is 5.28. The van der Waals surface area contributed by atoms with Crippen LogP contribution < -0.4 is 0 Å². The number of aromatic carboxylic acids is 1. The van der Waals surface area contributed by atoms with E-state index in [1.54, 1.807) is 6.92 Å². The number of aryl methyl sites for hydroxylation is 1. The molecule has 5 heteroatoms. The lowest BCUT2D eigenvalue weighted by Crippen LogP contribution is -2.11. The maximum absolute atomic E-state index is 10.8. The maximum atomic E-state index is 10.8. The number of hydrogen-bond donors (Lipinski definition) is 1. The average Bonchev–Trinajstić information content (AvgIpc) is 2.25. The van der Waals surface area contributed by atoms with Crippen LogP contribution in [0.15, 0.2) is 6.20 Å². The molecule has 88 valence electrons. The van der Waals surface area contributed by atoms with Gasteiger partial charge in [0.05, 0.1) is 11.3 Å². The number of carboxylic acid groups (broad SMARTS) is 1. The molecule has 0 radical (unpaired) electrons. The lowest BCUT2D eigenvalue weighted by molar-refractivity contribution is 0.0530. The zero-order chi connectivity index (χ0) is 12.1. The highest BCUT2D eigenvalue weighted by Gasteiger charge is 2.15. The third-order valence-corrected chi connectivity index (χ3v) is 2.25. The van der Waals surface area contributed by atoms with E-state index in [2.05, 4.69) is 9.97 Å². The number of nitrogens with zero attached hydrogens (tertiary/aromatic N) is 2. The van der Waals surface area contributed by atoms with Crippen molar-refractivity contribution in [3.8, 4) is 0 Å². The van der Waals surface area contributed by atoms with E-state index in [0.717, 1.165) is 6.42 Å². The molecule has 0 saturated heterocycles. The maximum Gasteiger partial charge on any atom is 0.339 e. The zero-order valence-corrected chi connectivity index (χ0v) is 9.73. The Kier molecular flexibility index (Phi) is 4.37. The van der Waals surface area contributed by atoms with Crippen molar-refractivity contribution in [3.63, 3.8) is 0 Å². The van der Waals surface area contributed by atoms with Crippen molar-refractivity contribution in [1.29, 1.82) is 0 Å². The summed E-state index contributed by atoms with van der Waals surface area (Å²) in [6, 6.07) is 0. The van der Waals surface area contributed by atoms with Crippen molar-refractivity contribution in [2.45, 2.75) is 33.3 Å². The summed E-state index contributed by atoms with van der Waals surface area (Å²) in [4.78, 5) is 19.0. The van der Waals surface area contributed by atoms with Gasteiger partial charge in [-0.3, -0.25) is 0 Å². The van der Waals surface area contributed by atoms with Crippen LogP contribution in [-0.4, -0.2) is 27.7 Å². The first-order valence-electron chi connectivity index (χ1n) is 5.28. The van der Waals surface area contributed by atoms with Gasteiger partial charge in [0, 0.05) is 12.8 Å². The molecule has 1 aromatic heterocycles. The summed E-state index contributed by atoms with van der Waals surface area (Å²) in [5.74, 6) is -0.458. The van der Waals surface area contributed by atoms with E-state index in [-0.39, 0.29) is 11.7 Å². The van der Waals surface area contributed by atoms with E-state index in [4.69, 9.17) is 9.84 Å². The molecule has 16 heavy (non-hydrogen) atoms. The standard InChI is InChI=1S/C11H16N2O3/c1-4-9(16-5-2)10-12-6-8(11(14)15)7(3)13-10/h6,9H,4-5H2,1-3H3,(H,14,15). The van der Waals surface area contributed by atoms with Crippen LogP contribution in [0.25, 0.3) is 0 Å². The van der Waals surface area contributed by atoms with Gasteiger partial charge in [-0.15, -0.1) is 0 Å². The van der Waals surface area contributed by atoms with Crippen LogP contribution in [0.1, 0.15) is 48.2 Å². The van der Waals surface area contributed by atoms with Gasteiger partial charge < -0.3 is 9.84 Å². The van der Waals surface area contributed by atoms with Crippen LogP contribution >= 0.6 is 0 Å². The molecule has 1 rings (SSSR count). The Balaban J connectivity index is 2.99. The van der Waals surface area contributed by atoms with Gasteiger partial charge in [-0.25, -0.2) is 14.8 Å². The van der Waals surface area contributed by atoms with Gasteiger partial charge in [-0.05, 0) is 20.3 Å². The average molecular weight is 224 g/mol. The van der Waals surface area contributed by atoms with Gasteiger partial charge in [-0.1, -0.05) is 6.92 Å². The molecular formula is C11H16N2O3. The molecule has 0 saturated carbocycles. The van der Waals surface area contributed by atoms with E-state index in [9.17, 15) is 4.79 Å². The Bertz CT molecular complexity index is 379. The molecule has 5 nitrogen and oxygen atoms in total. The third kappa shape index (κ3) is 2.76. The summed E-state index contributed by atoms with van der Waals surface area (Å²) >= 11 is 0. The molecular weight excluding hydrogens is 208 g/mol. The number of carbonyl (C=O) groups is 1. The Hall–Kier alpha value is -1.49. The quantitative estimate of drug-likeness (QED) is 0.827. The predicted octanol–water partition coefficient (Wildman–Crippen LogP) is 1.97. The SMILES string of the molecule is CCOC(CC)c1ncc(C(=O)O)c(C)n1. The van der Waals surface area contributed by atoms with Gasteiger partial charge in [-0.2, -0.15) is 0 Å². The van der Waals surface area contributed by atoms with Crippen LogP contribution in [0, 0.1) is 6.92 Å². The minimum atomic E-state index is -1.01. The minimum Gasteiger partial charge on any atom is -0.478 e. The van der Waals surface area contributed by atoms with Crippen molar-refractivity contribution in [1.82, 2.24) is 9.97 Å². The number of hydrogen-bond acceptors (Lipinski definition) is 4. The molecule has 0 bridgehead atoms. The van der Waals surface area contributed by atoms with Crippen molar-refractivity contribution >= 4 is 5.97 Å². The second-order valence-corrected chi connectivity index (χ2v) is 3.38. The molecule has 0 aliphatic carbocycles. The molecule has 1 N–H and O–H groups in total. The molecule has 0 spiro atoms. The van der Waals surface area contributed by atoms with Crippen LogP contribution in [0.4, 0.5) is 0 Å². The first-order chi connectivity index (χ1) is 7.60. The normalized spacial score (nSPS) is 12.4. The molecule has 1 heterocycles. The molecule has 1 unspecified atom stereocenters. The van der Waals surface area contributed by atoms with E-state index >= 15 is 0 Å². The third-order valence-electron chi connectivity index (χ3n) is 2.25. The van der Waals surface area contributed by atoms with Crippen molar-refractivity contribution in [3.05, 3.63) is 23.3 Å². The van der Waals surface area contributed by atoms with Crippen LogP contribution in [-0.2, 0) is 4.74 Å². The molecule has 0 aliphatic heterocycles. The topological polar surface area (TPSA) is 72.3 Å². The number of aromatic nitrogens is 2. The summed E-state index contributed by atoms with van der Waals surface area (Å²) in [6.07, 6.45) is 1.94. The second kappa shape index (κ2) is 5.55. The van der Waals surface area contributed by atoms with Crippen molar-refractivity contribution in [2.24, 2.45) is 0 Å². The van der Waals surface area contributed by atoms with Crippen LogP contribution in [0.5, 0.6) is 0 Å². The van der Waals surface area contributed by atoms with Crippen molar-refractivity contribution in [2.75, 3.05) is 6.61 Å². The van der Waals surface area contributed by atoms with Crippen LogP contribution in [0.2, 0.25) is 0 Å². The summed E-state index contributed by atoms with van der Waals surface area (Å²) < 4.78 is 5.46. The summed E-state index contributed by atoms with van der Waals surface area (Å²) in [5.41, 5.74) is 0.603. The van der Waals surface area contributed by atoms with Gasteiger partial charge in [0.2, 0.25) is 0 Å². The number of ether oxygens (including phenoxy) is 1. The Morgan fingerprint density at radius 3 is 2.69 bits per heavy atom. The van der Waals surface area contributed by atoms with E-state index in [0.29, 0.717) is 18.1 Å². The van der Waals surface area contributed by atoms with E-state index in [1.807, 2.05) is 13.8 Å². The number of rotatable bonds is 5. The lowest BCUT2D eigenvalue weighted by Gasteiger charge is -2.14. The highest BCUT2D eigenvalue weighted by molar-refractivity contribution is 5.88. The van der Waals surface area contributed by atoms with Gasteiger partial charge in [0.25, 0.3) is 0 Å². The largest absolute Gasteiger partial charge is 0.478 e. The van der Waals surface area contributed by atoms with Gasteiger partial charge in [0.1, 0.15) is 6.10 Å². The van der Waals surface area contributed by atoms with E-state index < -0.39 is 5.97 Å². The fourth-order valence-corrected chi connectivity index (χ4v) is 1.43. The van der Waals surface area contributed by atoms with Gasteiger partial charge in [0.15, 0.2) is 5.82 Å². The Morgan fingerprint density at radius 2 is 2.25 bits per heavy atom. The summed E-state index contributed by atoms with van der Waals surface area (Å²) in [6.45, 7) is 6.13. The van der Waals surface area contributed by atoms with Gasteiger partial charge >= 0.3 is 5.97 Å². The zero-order valence-electron chi connectivity index (χ0n) is 9.73. The highest BCUT2D eigenvalue weighted by atomic mass is 16.5. The first kappa shape index (κ1) is 12.6. The fraction of sp³-hybridized carbons (Fsp3) is 0.545. The summed E-state index contributed by atoms with van der Waals surface area (Å²) in [7, 11) is 0. The minimum absolute atomic E-state index is 0.134.